The fraction of sp³-hybridized carbons (Fsp3) is 0.250. The second kappa shape index (κ2) is 9.11. The third kappa shape index (κ3) is 5.26. The number of rotatable bonds is 9. The number of anilines is 3. The van der Waals surface area contributed by atoms with Crippen molar-refractivity contribution in [2.75, 3.05) is 10.6 Å². The van der Waals surface area contributed by atoms with Crippen molar-refractivity contribution in [3.05, 3.63) is 58.9 Å². The van der Waals surface area contributed by atoms with Crippen molar-refractivity contribution in [3.63, 3.8) is 0 Å². The van der Waals surface area contributed by atoms with Crippen LogP contribution in [0.15, 0.2) is 47.8 Å². The van der Waals surface area contributed by atoms with Crippen LogP contribution in [0, 0.1) is 5.92 Å². The molecule has 0 fully saturated rings. The van der Waals surface area contributed by atoms with Crippen LogP contribution in [0.25, 0.3) is 5.69 Å². The summed E-state index contributed by atoms with van der Waals surface area (Å²) in [5, 5.41) is 5.79. The second-order valence-corrected chi connectivity index (χ2v) is 7.38. The molecule has 11 nitrogen and oxygen atoms in total. The number of hydrogen-bond acceptors (Lipinski definition) is 7. The molecule has 11 heteroatoms. The van der Waals surface area contributed by atoms with Gasteiger partial charge in [-0.2, -0.15) is 4.98 Å². The lowest BCUT2D eigenvalue weighted by atomic mass is 10.0. The lowest BCUT2D eigenvalue weighted by Gasteiger charge is -2.18. The third-order valence-electron chi connectivity index (χ3n) is 4.44. The highest BCUT2D eigenvalue weighted by Crippen LogP contribution is 2.21. The number of H-pyrrole nitrogens is 1. The van der Waals surface area contributed by atoms with Crippen LogP contribution in [-0.2, 0) is 4.79 Å². The number of hydrogen-bond donors (Lipinski definition) is 5. The summed E-state index contributed by atoms with van der Waals surface area (Å²) >= 11 is 0. The number of amides is 2. The summed E-state index contributed by atoms with van der Waals surface area (Å²) in [5.74, 6) is -1.41. The first kappa shape index (κ1) is 21.6. The van der Waals surface area contributed by atoms with Crippen LogP contribution in [0.3, 0.4) is 0 Å². The van der Waals surface area contributed by atoms with E-state index in [4.69, 9.17) is 11.5 Å². The van der Waals surface area contributed by atoms with E-state index in [1.807, 2.05) is 19.9 Å². The van der Waals surface area contributed by atoms with E-state index in [1.54, 1.807) is 41.5 Å². The van der Waals surface area contributed by atoms with Gasteiger partial charge in [-0.05, 0) is 30.5 Å². The molecule has 2 amide bonds. The Hall–Kier alpha value is -4.15. The van der Waals surface area contributed by atoms with E-state index in [9.17, 15) is 14.4 Å². The van der Waals surface area contributed by atoms with E-state index in [-0.39, 0.29) is 23.2 Å². The molecule has 2 heterocycles. The summed E-state index contributed by atoms with van der Waals surface area (Å²) in [6, 6.07) is 6.43. The summed E-state index contributed by atoms with van der Waals surface area (Å²) in [6.45, 7) is 3.87. The molecule has 31 heavy (non-hydrogen) atoms. The molecule has 3 aromatic rings. The molecule has 0 aliphatic heterocycles. The van der Waals surface area contributed by atoms with Gasteiger partial charge in [-0.15, -0.1) is 0 Å². The smallest absolute Gasteiger partial charge is 0.267 e. The van der Waals surface area contributed by atoms with Crippen molar-refractivity contribution in [2.45, 2.75) is 26.3 Å². The third-order valence-corrected chi connectivity index (χ3v) is 4.44. The largest absolute Gasteiger partial charge is 0.368 e. The van der Waals surface area contributed by atoms with Gasteiger partial charge in [-0.25, -0.2) is 4.98 Å². The lowest BCUT2D eigenvalue weighted by molar-refractivity contribution is -0.119. The van der Waals surface area contributed by atoms with Gasteiger partial charge in [0.1, 0.15) is 11.6 Å². The van der Waals surface area contributed by atoms with Crippen LogP contribution in [0.4, 0.5) is 17.5 Å². The molecule has 1 aromatic carbocycles. The number of benzene rings is 1. The number of primary amides is 2. The molecule has 162 valence electrons. The maximum absolute atomic E-state index is 12.5. The van der Waals surface area contributed by atoms with Gasteiger partial charge in [0.25, 0.3) is 11.5 Å². The van der Waals surface area contributed by atoms with Crippen LogP contribution < -0.4 is 27.7 Å². The number of aromatic amines is 1. The number of nitrogens with one attached hydrogen (secondary N) is 3. The summed E-state index contributed by atoms with van der Waals surface area (Å²) in [5.41, 5.74) is 11.1. The maximum Gasteiger partial charge on any atom is 0.267 e. The molecule has 0 saturated carbocycles. The van der Waals surface area contributed by atoms with Gasteiger partial charge in [-0.1, -0.05) is 19.9 Å². The predicted octanol–water partition coefficient (Wildman–Crippen LogP) is 1.11. The maximum atomic E-state index is 12.5. The van der Waals surface area contributed by atoms with Crippen molar-refractivity contribution in [1.29, 1.82) is 0 Å². The van der Waals surface area contributed by atoms with Gasteiger partial charge in [0.05, 0.1) is 6.33 Å². The Labute approximate surface area is 177 Å². The summed E-state index contributed by atoms with van der Waals surface area (Å²) in [7, 11) is 0. The van der Waals surface area contributed by atoms with E-state index in [0.29, 0.717) is 12.1 Å². The zero-order valence-corrected chi connectivity index (χ0v) is 17.1. The van der Waals surface area contributed by atoms with Crippen LogP contribution >= 0.6 is 0 Å². The molecule has 0 aliphatic carbocycles. The van der Waals surface area contributed by atoms with Gasteiger partial charge in [-0.3, -0.25) is 19.4 Å². The number of nitrogens with zero attached hydrogens (tertiary/aromatic N) is 3. The normalized spacial score (nSPS) is 11.8. The lowest BCUT2D eigenvalue weighted by Crippen LogP contribution is -2.38. The molecule has 7 N–H and O–H groups in total. The number of aromatic nitrogens is 4. The molecule has 0 unspecified atom stereocenters. The molecule has 0 aliphatic rings. The molecular weight excluding hydrogens is 400 g/mol. The van der Waals surface area contributed by atoms with Crippen molar-refractivity contribution >= 4 is 29.3 Å². The Bertz CT molecular complexity index is 1140. The first-order chi connectivity index (χ1) is 14.7. The van der Waals surface area contributed by atoms with Gasteiger partial charge in [0.2, 0.25) is 11.9 Å². The Morgan fingerprint density at radius 3 is 2.65 bits per heavy atom. The fourth-order valence-electron chi connectivity index (χ4n) is 3.04. The average molecular weight is 424 g/mol. The van der Waals surface area contributed by atoms with E-state index >= 15 is 0 Å². The zero-order chi connectivity index (χ0) is 22.5. The predicted molar refractivity (Wildman–Crippen MR) is 116 cm³/mol. The minimum absolute atomic E-state index is 0.00675. The number of imidazole rings is 1. The summed E-state index contributed by atoms with van der Waals surface area (Å²) in [4.78, 5) is 46.9. The van der Waals surface area contributed by atoms with Crippen LogP contribution in [0.5, 0.6) is 0 Å². The minimum Gasteiger partial charge on any atom is -0.368 e. The summed E-state index contributed by atoms with van der Waals surface area (Å²) < 4.78 is 1.79. The van der Waals surface area contributed by atoms with Crippen LogP contribution in [-0.4, -0.2) is 37.4 Å². The number of carbonyl (C=O) groups excluding carboxylic acids is 2. The van der Waals surface area contributed by atoms with Crippen molar-refractivity contribution in [3.8, 4) is 5.69 Å². The van der Waals surface area contributed by atoms with E-state index in [2.05, 4.69) is 25.6 Å². The Morgan fingerprint density at radius 1 is 1.26 bits per heavy atom. The van der Waals surface area contributed by atoms with Crippen molar-refractivity contribution < 1.29 is 9.59 Å². The number of carbonyl (C=O) groups is 2. The van der Waals surface area contributed by atoms with Crippen molar-refractivity contribution in [2.24, 2.45) is 17.4 Å². The van der Waals surface area contributed by atoms with Crippen molar-refractivity contribution in [1.82, 2.24) is 19.5 Å². The molecule has 0 radical (unpaired) electrons. The van der Waals surface area contributed by atoms with Gasteiger partial charge < -0.3 is 26.7 Å². The average Bonchev–Trinajstić information content (AvgIpc) is 3.21. The first-order valence-electron chi connectivity index (χ1n) is 9.60. The SMILES string of the molecule is CC(C)C[C@@H](Nc1nc(Nc2cccc(-n3ccnc3)c2)c(C(N)=O)c(=O)[nH]1)C(N)=O. The molecule has 2 aromatic heterocycles. The molecule has 0 spiro atoms. The minimum atomic E-state index is -0.942. The highest BCUT2D eigenvalue weighted by atomic mass is 16.2. The topological polar surface area (TPSA) is 174 Å². The quantitative estimate of drug-likeness (QED) is 0.342. The first-order valence-corrected chi connectivity index (χ1v) is 9.60. The Kier molecular flexibility index (Phi) is 6.34. The van der Waals surface area contributed by atoms with E-state index in [1.165, 1.54) is 0 Å². The van der Waals surface area contributed by atoms with Gasteiger partial charge in [0, 0.05) is 23.8 Å². The second-order valence-electron chi connectivity index (χ2n) is 7.38. The standard InChI is InChI=1S/C20H24N8O3/c1-11(2)8-14(16(21)29)25-20-26-18(15(17(22)30)19(31)27-20)24-12-4-3-5-13(9-12)28-7-6-23-10-28/h3-7,9-11,14H,8H2,1-2H3,(H2,21,29)(H2,22,30)(H3,24,25,26,27,31)/t14-/m1/s1. The highest BCUT2D eigenvalue weighted by molar-refractivity contribution is 5.98. The molecular formula is C20H24N8O3. The van der Waals surface area contributed by atoms with Gasteiger partial charge in [0.15, 0.2) is 5.82 Å². The molecule has 0 saturated heterocycles. The van der Waals surface area contributed by atoms with Gasteiger partial charge >= 0.3 is 0 Å². The van der Waals surface area contributed by atoms with E-state index < -0.39 is 23.4 Å². The highest BCUT2D eigenvalue weighted by Gasteiger charge is 2.21. The number of nitrogens with two attached hydrogens (primary N) is 2. The zero-order valence-electron chi connectivity index (χ0n) is 17.1. The molecule has 3 rings (SSSR count). The fourth-order valence-corrected chi connectivity index (χ4v) is 3.04. The Morgan fingerprint density at radius 2 is 2.03 bits per heavy atom. The van der Waals surface area contributed by atoms with E-state index in [0.717, 1.165) is 5.69 Å². The molecule has 1 atom stereocenters. The molecule has 0 bridgehead atoms. The Balaban J connectivity index is 1.97. The van der Waals surface area contributed by atoms with Crippen LogP contribution in [0.1, 0.15) is 30.6 Å². The van der Waals surface area contributed by atoms with Crippen LogP contribution in [0.2, 0.25) is 0 Å². The monoisotopic (exact) mass is 424 g/mol. The summed E-state index contributed by atoms with van der Waals surface area (Å²) in [6.07, 6.45) is 5.50.